The molecule has 14 heavy (non-hydrogen) atoms. The van der Waals surface area contributed by atoms with Crippen molar-refractivity contribution in [3.63, 3.8) is 0 Å². The predicted octanol–water partition coefficient (Wildman–Crippen LogP) is 1.62. The second kappa shape index (κ2) is 4.41. The van der Waals surface area contributed by atoms with Gasteiger partial charge >= 0.3 is 0 Å². The number of hydrogen-bond donors (Lipinski definition) is 2. The van der Waals surface area contributed by atoms with Crippen LogP contribution < -0.4 is 11.5 Å². The molecule has 0 saturated heterocycles. The van der Waals surface area contributed by atoms with Gasteiger partial charge in [-0.15, -0.1) is 0 Å². The first kappa shape index (κ1) is 10.2. The zero-order chi connectivity index (χ0) is 10.6. The highest BCUT2D eigenvalue weighted by atomic mass is 15.0. The van der Waals surface area contributed by atoms with E-state index in [4.69, 9.17) is 11.5 Å². The summed E-state index contributed by atoms with van der Waals surface area (Å²) >= 11 is 0. The number of allylic oxidation sites excluding steroid dienone is 3. The molecule has 4 N–H and O–H groups in total. The lowest BCUT2D eigenvalue weighted by Gasteiger charge is -2.07. The van der Waals surface area contributed by atoms with Crippen LogP contribution in [0.3, 0.4) is 0 Å². The van der Waals surface area contributed by atoms with Crippen LogP contribution in [0, 0.1) is 0 Å². The summed E-state index contributed by atoms with van der Waals surface area (Å²) in [6, 6.07) is 0. The third-order valence-electron chi connectivity index (χ3n) is 1.86. The minimum absolute atomic E-state index is 0.381. The molecule has 4 heteroatoms. The fourth-order valence-corrected chi connectivity index (χ4v) is 1.14. The SMILES string of the molecule is C=C(CC=CC)c1c(N)ncnc1N. The van der Waals surface area contributed by atoms with E-state index in [0.717, 1.165) is 5.57 Å². The molecular weight excluding hydrogens is 176 g/mol. The maximum absolute atomic E-state index is 5.68. The van der Waals surface area contributed by atoms with E-state index in [2.05, 4.69) is 16.5 Å². The van der Waals surface area contributed by atoms with Gasteiger partial charge in [0.15, 0.2) is 0 Å². The average Bonchev–Trinajstić information content (AvgIpc) is 2.14. The van der Waals surface area contributed by atoms with Gasteiger partial charge in [-0.25, -0.2) is 9.97 Å². The number of aromatic nitrogens is 2. The number of rotatable bonds is 3. The molecule has 0 unspecified atom stereocenters. The van der Waals surface area contributed by atoms with Gasteiger partial charge in [0.05, 0.1) is 5.56 Å². The van der Waals surface area contributed by atoms with Crippen LogP contribution in [0.5, 0.6) is 0 Å². The third-order valence-corrected chi connectivity index (χ3v) is 1.86. The Morgan fingerprint density at radius 3 is 2.50 bits per heavy atom. The summed E-state index contributed by atoms with van der Waals surface area (Å²) in [6.07, 6.45) is 5.98. The smallest absolute Gasteiger partial charge is 0.136 e. The van der Waals surface area contributed by atoms with Crippen LogP contribution in [0.4, 0.5) is 11.6 Å². The largest absolute Gasteiger partial charge is 0.383 e. The van der Waals surface area contributed by atoms with Crippen LogP contribution in [0.25, 0.3) is 5.57 Å². The molecule has 0 saturated carbocycles. The predicted molar refractivity (Wildman–Crippen MR) is 59.3 cm³/mol. The number of nitrogens with zero attached hydrogens (tertiary/aromatic N) is 2. The van der Waals surface area contributed by atoms with Gasteiger partial charge in [-0.2, -0.15) is 0 Å². The van der Waals surface area contributed by atoms with Crippen LogP contribution in [-0.2, 0) is 0 Å². The van der Waals surface area contributed by atoms with Gasteiger partial charge in [-0.1, -0.05) is 18.7 Å². The van der Waals surface area contributed by atoms with Gasteiger partial charge in [-0.05, 0) is 18.9 Å². The van der Waals surface area contributed by atoms with Gasteiger partial charge in [0.2, 0.25) is 0 Å². The summed E-state index contributed by atoms with van der Waals surface area (Å²) < 4.78 is 0. The van der Waals surface area contributed by atoms with Crippen molar-refractivity contribution in [3.05, 3.63) is 30.6 Å². The summed E-state index contributed by atoms with van der Waals surface area (Å²) in [7, 11) is 0. The van der Waals surface area contributed by atoms with E-state index in [0.29, 0.717) is 23.6 Å². The van der Waals surface area contributed by atoms with E-state index in [1.807, 2.05) is 19.1 Å². The van der Waals surface area contributed by atoms with Crippen LogP contribution in [0.15, 0.2) is 25.1 Å². The number of nitrogens with two attached hydrogens (primary N) is 2. The molecule has 0 fully saturated rings. The van der Waals surface area contributed by atoms with Crippen molar-refractivity contribution in [1.29, 1.82) is 0 Å². The van der Waals surface area contributed by atoms with Crippen LogP contribution in [0.1, 0.15) is 18.9 Å². The highest BCUT2D eigenvalue weighted by Crippen LogP contribution is 2.25. The van der Waals surface area contributed by atoms with E-state index in [1.54, 1.807) is 0 Å². The first-order chi connectivity index (χ1) is 6.66. The lowest BCUT2D eigenvalue weighted by Crippen LogP contribution is -2.03. The van der Waals surface area contributed by atoms with Crippen molar-refractivity contribution in [2.24, 2.45) is 0 Å². The quantitative estimate of drug-likeness (QED) is 0.710. The van der Waals surface area contributed by atoms with E-state index < -0.39 is 0 Å². The van der Waals surface area contributed by atoms with Crippen LogP contribution in [-0.4, -0.2) is 9.97 Å². The van der Waals surface area contributed by atoms with Crippen LogP contribution >= 0.6 is 0 Å². The summed E-state index contributed by atoms with van der Waals surface area (Å²) in [5.74, 6) is 0.763. The Labute approximate surface area is 83.4 Å². The summed E-state index contributed by atoms with van der Waals surface area (Å²) in [6.45, 7) is 5.84. The molecule has 0 aliphatic rings. The topological polar surface area (TPSA) is 77.8 Å². The molecule has 1 aromatic rings. The molecule has 0 amide bonds. The maximum Gasteiger partial charge on any atom is 0.136 e. The molecule has 1 heterocycles. The molecule has 74 valence electrons. The summed E-state index contributed by atoms with van der Waals surface area (Å²) in [5, 5.41) is 0. The number of anilines is 2. The standard InChI is InChI=1S/C10H14N4/c1-3-4-5-7(2)8-9(11)13-6-14-10(8)12/h3-4,6H,2,5H2,1H3,(H4,11,12,13,14). The molecule has 0 atom stereocenters. The highest BCUT2D eigenvalue weighted by Gasteiger charge is 2.08. The molecule has 0 bridgehead atoms. The Morgan fingerprint density at radius 1 is 1.43 bits per heavy atom. The van der Waals surface area contributed by atoms with Crippen molar-refractivity contribution < 1.29 is 0 Å². The Kier molecular flexibility index (Phi) is 3.23. The minimum Gasteiger partial charge on any atom is -0.383 e. The van der Waals surface area contributed by atoms with Gasteiger partial charge in [0.25, 0.3) is 0 Å². The Morgan fingerprint density at radius 2 is 2.00 bits per heavy atom. The fourth-order valence-electron chi connectivity index (χ4n) is 1.14. The highest BCUT2D eigenvalue weighted by molar-refractivity contribution is 5.79. The molecule has 1 aromatic heterocycles. The normalized spacial score (nSPS) is 10.6. The molecule has 4 nitrogen and oxygen atoms in total. The fraction of sp³-hybridized carbons (Fsp3) is 0.200. The Balaban J connectivity index is 3.00. The van der Waals surface area contributed by atoms with Crippen molar-refractivity contribution >= 4 is 17.2 Å². The number of nitrogen functional groups attached to an aromatic ring is 2. The number of hydrogen-bond acceptors (Lipinski definition) is 4. The first-order valence-corrected chi connectivity index (χ1v) is 4.32. The second-order valence-electron chi connectivity index (χ2n) is 2.90. The molecule has 0 aliphatic heterocycles. The van der Waals surface area contributed by atoms with E-state index in [1.165, 1.54) is 6.33 Å². The third kappa shape index (κ3) is 2.10. The van der Waals surface area contributed by atoms with Gasteiger partial charge in [0.1, 0.15) is 18.0 Å². The monoisotopic (exact) mass is 190 g/mol. The lowest BCUT2D eigenvalue weighted by molar-refractivity contribution is 1.16. The van der Waals surface area contributed by atoms with E-state index in [-0.39, 0.29) is 0 Å². The van der Waals surface area contributed by atoms with Crippen LogP contribution in [0.2, 0.25) is 0 Å². The Bertz CT molecular complexity index is 348. The van der Waals surface area contributed by atoms with Gasteiger partial charge in [-0.3, -0.25) is 0 Å². The van der Waals surface area contributed by atoms with Gasteiger partial charge in [0, 0.05) is 0 Å². The van der Waals surface area contributed by atoms with Crippen molar-refractivity contribution in [3.8, 4) is 0 Å². The summed E-state index contributed by atoms with van der Waals surface area (Å²) in [4.78, 5) is 7.74. The molecule has 1 rings (SSSR count). The second-order valence-corrected chi connectivity index (χ2v) is 2.90. The van der Waals surface area contributed by atoms with Crippen molar-refractivity contribution in [2.45, 2.75) is 13.3 Å². The van der Waals surface area contributed by atoms with Crippen molar-refractivity contribution in [1.82, 2.24) is 9.97 Å². The molecule has 0 aliphatic carbocycles. The average molecular weight is 190 g/mol. The zero-order valence-electron chi connectivity index (χ0n) is 8.20. The Hall–Kier alpha value is -1.84. The summed E-state index contributed by atoms with van der Waals surface area (Å²) in [5.41, 5.74) is 12.8. The molecule has 0 aromatic carbocycles. The zero-order valence-corrected chi connectivity index (χ0v) is 8.20. The van der Waals surface area contributed by atoms with E-state index >= 15 is 0 Å². The maximum atomic E-state index is 5.68. The molecule has 0 radical (unpaired) electrons. The lowest BCUT2D eigenvalue weighted by atomic mass is 10.1. The minimum atomic E-state index is 0.381. The van der Waals surface area contributed by atoms with E-state index in [9.17, 15) is 0 Å². The van der Waals surface area contributed by atoms with Gasteiger partial charge < -0.3 is 11.5 Å². The molecule has 0 spiro atoms. The van der Waals surface area contributed by atoms with Crippen molar-refractivity contribution in [2.75, 3.05) is 11.5 Å². The first-order valence-electron chi connectivity index (χ1n) is 4.32. The molecular formula is C10H14N4.